The number of fused-ring (bicyclic) bond motifs is 6. The van der Waals surface area contributed by atoms with Crippen LogP contribution >= 0.6 is 0 Å². The molecule has 0 fully saturated rings. The molecule has 0 spiro atoms. The van der Waals surface area contributed by atoms with Crippen LogP contribution in [0.25, 0.3) is 49.9 Å². The maximum atomic E-state index is 6.80. The number of para-hydroxylation sites is 3. The normalized spacial score (nSPS) is 13.0. The van der Waals surface area contributed by atoms with Crippen molar-refractivity contribution >= 4 is 55.7 Å². The third-order valence-corrected chi connectivity index (χ3v) is 11.0. The van der Waals surface area contributed by atoms with Gasteiger partial charge in [-0.15, -0.1) is 48.3 Å². The Bertz CT molecular complexity index is 3010. The molecule has 0 saturated heterocycles. The van der Waals surface area contributed by atoms with E-state index in [9.17, 15) is 0 Å². The Morgan fingerprint density at radius 1 is 0.610 bits per heavy atom. The summed E-state index contributed by atoms with van der Waals surface area (Å²) in [4.78, 5) is 9.36. The summed E-state index contributed by atoms with van der Waals surface area (Å²) in [5.41, 5.74) is 12.0. The summed E-state index contributed by atoms with van der Waals surface area (Å²) < 4.78 is 15.5. The molecule has 9 aromatic rings. The molecule has 0 N–H and O–H groups in total. The number of hydrogen-bond donors (Lipinski definition) is 0. The molecule has 59 heavy (non-hydrogen) atoms. The average molecular weight is 951 g/mol. The van der Waals surface area contributed by atoms with Crippen LogP contribution in [-0.4, -0.2) is 9.55 Å². The second-order valence-corrected chi connectivity index (χ2v) is 17.1. The number of anilines is 4. The van der Waals surface area contributed by atoms with Crippen molar-refractivity contribution in [2.45, 2.75) is 52.4 Å². The van der Waals surface area contributed by atoms with E-state index in [4.69, 9.17) is 14.1 Å². The smallest absolute Gasteiger partial charge is 0.136 e. The number of nitrogens with zero attached hydrogens (tertiary/aromatic N) is 4. The molecule has 10 rings (SSSR count). The zero-order chi connectivity index (χ0) is 39.8. The number of pyridine rings is 1. The van der Waals surface area contributed by atoms with Crippen LogP contribution in [0.2, 0.25) is 0 Å². The summed E-state index contributed by atoms with van der Waals surface area (Å²) in [5, 5.41) is 1.95. The second kappa shape index (κ2) is 14.6. The van der Waals surface area contributed by atoms with Crippen LogP contribution < -0.4 is 14.5 Å². The molecule has 0 bridgehead atoms. The molecule has 296 valence electrons. The van der Waals surface area contributed by atoms with E-state index in [0.29, 0.717) is 11.5 Å². The van der Waals surface area contributed by atoms with Gasteiger partial charge in [0.1, 0.15) is 17.0 Å². The van der Waals surface area contributed by atoms with Crippen LogP contribution in [0.15, 0.2) is 150 Å². The fraction of sp³-hybridized carbons (Fsp3) is 0.154. The molecule has 4 heterocycles. The van der Waals surface area contributed by atoms with Gasteiger partial charge in [0.2, 0.25) is 0 Å². The van der Waals surface area contributed by atoms with E-state index in [2.05, 4.69) is 184 Å². The van der Waals surface area contributed by atoms with Crippen LogP contribution in [0.4, 0.5) is 22.7 Å². The zero-order valence-electron chi connectivity index (χ0n) is 33.9. The van der Waals surface area contributed by atoms with Gasteiger partial charge < -0.3 is 23.5 Å². The Morgan fingerprint density at radius 3 is 2.10 bits per heavy atom. The molecule has 0 radical (unpaired) electrons. The summed E-state index contributed by atoms with van der Waals surface area (Å²) in [7, 11) is 0. The van der Waals surface area contributed by atoms with E-state index in [1.165, 1.54) is 11.1 Å². The molecule has 7 heteroatoms. The third kappa shape index (κ3) is 6.89. The third-order valence-electron chi connectivity index (χ3n) is 11.0. The van der Waals surface area contributed by atoms with Crippen molar-refractivity contribution in [1.29, 1.82) is 0 Å². The molecule has 0 unspecified atom stereocenters. The standard InChI is InChI=1S/C52H43N4O2.Pt/c1-51(2,3)36-17-14-18-38(29-36)54-33-55(45-21-12-11-20-44(45)54)39-27-35(34-15-8-7-9-16-34)28-41(31-39)57-40-23-24-42-46(32-40)56(48-30-37(25-26-53-48)52(4,5)6)49-43-19-10-13-22-47(43)58-50(42)49;/h7-30,33H,1-6H3;/q-3;. The van der Waals surface area contributed by atoms with E-state index < -0.39 is 0 Å². The van der Waals surface area contributed by atoms with Gasteiger partial charge in [-0.1, -0.05) is 119 Å². The monoisotopic (exact) mass is 950 g/mol. The predicted octanol–water partition coefficient (Wildman–Crippen LogP) is 14.0. The predicted molar refractivity (Wildman–Crippen MR) is 237 cm³/mol. The number of ether oxygens (including phenoxy) is 1. The summed E-state index contributed by atoms with van der Waals surface area (Å²) in [6.45, 7) is 15.6. The van der Waals surface area contributed by atoms with Crippen molar-refractivity contribution < 1.29 is 30.2 Å². The van der Waals surface area contributed by atoms with Crippen molar-refractivity contribution in [2.75, 3.05) is 9.80 Å². The summed E-state index contributed by atoms with van der Waals surface area (Å²) in [6.07, 6.45) is 1.89. The molecule has 0 amide bonds. The van der Waals surface area contributed by atoms with Gasteiger partial charge in [0.15, 0.2) is 0 Å². The molecule has 1 aliphatic rings. The van der Waals surface area contributed by atoms with Crippen molar-refractivity contribution in [3.8, 4) is 28.4 Å². The van der Waals surface area contributed by atoms with Crippen LogP contribution in [0.1, 0.15) is 52.7 Å². The molecule has 1 aliphatic heterocycles. The molecule has 6 aromatic carbocycles. The maximum absolute atomic E-state index is 6.80. The van der Waals surface area contributed by atoms with Crippen molar-refractivity contribution in [3.05, 3.63) is 176 Å². The quantitative estimate of drug-likeness (QED) is 0.155. The van der Waals surface area contributed by atoms with Gasteiger partial charge in [-0.3, -0.25) is 0 Å². The Morgan fingerprint density at radius 2 is 1.32 bits per heavy atom. The molecular weight excluding hydrogens is 908 g/mol. The zero-order valence-corrected chi connectivity index (χ0v) is 36.1. The Hall–Kier alpha value is -6.10. The number of rotatable bonds is 6. The topological polar surface area (TPSA) is 46.7 Å². The number of benzene rings is 6. The van der Waals surface area contributed by atoms with Crippen LogP contribution in [-0.2, 0) is 31.9 Å². The average Bonchev–Trinajstić information content (AvgIpc) is 3.90. The number of aromatic nitrogens is 2. The van der Waals surface area contributed by atoms with Gasteiger partial charge in [0.05, 0.1) is 5.52 Å². The minimum Gasteiger partial charge on any atom is -0.509 e. The summed E-state index contributed by atoms with van der Waals surface area (Å²) in [5.74, 6) is 1.93. The number of hydrogen-bond acceptors (Lipinski definition) is 5. The van der Waals surface area contributed by atoms with E-state index >= 15 is 0 Å². The molecule has 3 aromatic heterocycles. The number of furan rings is 1. The molecule has 0 saturated carbocycles. The van der Waals surface area contributed by atoms with Crippen molar-refractivity contribution in [1.82, 2.24) is 9.55 Å². The van der Waals surface area contributed by atoms with Gasteiger partial charge in [-0.25, -0.2) is 4.98 Å². The van der Waals surface area contributed by atoms with Crippen LogP contribution in [0, 0.1) is 18.8 Å². The van der Waals surface area contributed by atoms with Gasteiger partial charge in [0.25, 0.3) is 0 Å². The molecule has 0 aliphatic carbocycles. The van der Waals surface area contributed by atoms with E-state index in [-0.39, 0.29) is 31.9 Å². The first-order chi connectivity index (χ1) is 28.0. The first-order valence-electron chi connectivity index (χ1n) is 19.8. The van der Waals surface area contributed by atoms with Crippen LogP contribution in [0.5, 0.6) is 11.5 Å². The summed E-state index contributed by atoms with van der Waals surface area (Å²) >= 11 is 0. The van der Waals surface area contributed by atoms with Gasteiger partial charge >= 0.3 is 0 Å². The molecular formula is C52H43N4O2Pt-3. The first-order valence-corrected chi connectivity index (χ1v) is 19.8. The van der Waals surface area contributed by atoms with E-state index in [1.54, 1.807) is 0 Å². The van der Waals surface area contributed by atoms with Crippen LogP contribution in [0.3, 0.4) is 0 Å². The van der Waals surface area contributed by atoms with Crippen molar-refractivity contribution in [2.24, 2.45) is 0 Å². The van der Waals surface area contributed by atoms with E-state index in [1.807, 2.05) is 36.5 Å². The van der Waals surface area contributed by atoms with Crippen molar-refractivity contribution in [3.63, 3.8) is 0 Å². The fourth-order valence-electron chi connectivity index (χ4n) is 7.93. The fourth-order valence-corrected chi connectivity index (χ4v) is 7.93. The van der Waals surface area contributed by atoms with Gasteiger partial charge in [-0.05, 0) is 76.1 Å². The minimum absolute atomic E-state index is 0. The molecule has 6 nitrogen and oxygen atoms in total. The SMILES string of the molecule is CC(C)(C)c1cccc(N2[CH-]N(c3[c-]c(Oc4[c-]c5c(cc4)c4oc6ccccc6c4n5-c4cc(C(C)(C)C)ccn4)cc(-c4ccccc4)c3)c3ccccc32)c1.[Pt]. The second-order valence-electron chi connectivity index (χ2n) is 17.1. The van der Waals surface area contributed by atoms with Gasteiger partial charge in [-0.2, -0.15) is 6.07 Å². The summed E-state index contributed by atoms with van der Waals surface area (Å²) in [6, 6.07) is 55.6. The van der Waals surface area contributed by atoms with Gasteiger partial charge in [0, 0.05) is 61.2 Å². The Labute approximate surface area is 359 Å². The van der Waals surface area contributed by atoms with E-state index in [0.717, 1.165) is 72.7 Å². The largest absolute Gasteiger partial charge is 0.509 e. The maximum Gasteiger partial charge on any atom is 0.136 e. The minimum atomic E-state index is -0.0612. The first kappa shape index (κ1) is 38.4. The Kier molecular flexibility index (Phi) is 9.52. The molecule has 0 atom stereocenters. The Balaban J connectivity index is 0.00000449.